The van der Waals surface area contributed by atoms with E-state index in [0.717, 1.165) is 17.9 Å². The molecule has 0 radical (unpaired) electrons. The van der Waals surface area contributed by atoms with Crippen LogP contribution in [0.1, 0.15) is 31.3 Å². The molecule has 0 spiro atoms. The highest BCUT2D eigenvalue weighted by atomic mass is 16.3. The van der Waals surface area contributed by atoms with Gasteiger partial charge < -0.3 is 9.67 Å². The number of aliphatic hydroxyl groups is 1. The van der Waals surface area contributed by atoms with Gasteiger partial charge in [0.05, 0.1) is 0 Å². The molecule has 1 heterocycles. The van der Waals surface area contributed by atoms with E-state index in [2.05, 4.69) is 9.55 Å². The summed E-state index contributed by atoms with van der Waals surface area (Å²) in [6, 6.07) is 0. The predicted molar refractivity (Wildman–Crippen MR) is 57.7 cm³/mol. The van der Waals surface area contributed by atoms with Crippen LogP contribution in [0.3, 0.4) is 0 Å². The average Bonchev–Trinajstić information content (AvgIpc) is 2.57. The average molecular weight is 210 g/mol. The SMILES string of the molecule is CCc1ncc(C)n1CCC(=O)CCO. The third-order valence-corrected chi connectivity index (χ3v) is 2.46. The molecule has 4 heteroatoms. The molecule has 0 amide bonds. The van der Waals surface area contributed by atoms with Crippen molar-refractivity contribution in [3.05, 3.63) is 17.7 Å². The topological polar surface area (TPSA) is 55.1 Å². The first-order chi connectivity index (χ1) is 7.19. The number of aromatic nitrogens is 2. The van der Waals surface area contributed by atoms with Gasteiger partial charge >= 0.3 is 0 Å². The van der Waals surface area contributed by atoms with Gasteiger partial charge in [-0.25, -0.2) is 4.98 Å². The highest BCUT2D eigenvalue weighted by Gasteiger charge is 2.07. The van der Waals surface area contributed by atoms with E-state index in [1.54, 1.807) is 0 Å². The quantitative estimate of drug-likeness (QED) is 0.764. The van der Waals surface area contributed by atoms with Gasteiger partial charge in [-0.1, -0.05) is 6.92 Å². The lowest BCUT2D eigenvalue weighted by molar-refractivity contribution is -0.119. The number of aryl methyl sites for hydroxylation is 2. The van der Waals surface area contributed by atoms with Gasteiger partial charge in [-0.05, 0) is 6.92 Å². The molecule has 0 aliphatic heterocycles. The van der Waals surface area contributed by atoms with Crippen LogP contribution in [-0.4, -0.2) is 27.0 Å². The number of imidazole rings is 1. The van der Waals surface area contributed by atoms with Gasteiger partial charge in [0.25, 0.3) is 0 Å². The molecular weight excluding hydrogens is 192 g/mol. The Balaban J connectivity index is 2.56. The van der Waals surface area contributed by atoms with Crippen LogP contribution >= 0.6 is 0 Å². The van der Waals surface area contributed by atoms with E-state index in [9.17, 15) is 4.79 Å². The number of Topliss-reactive ketones (excluding diaryl/α,β-unsaturated/α-hetero) is 1. The van der Waals surface area contributed by atoms with Gasteiger partial charge in [0.15, 0.2) is 0 Å². The number of aliphatic hydroxyl groups excluding tert-OH is 1. The van der Waals surface area contributed by atoms with E-state index in [1.165, 1.54) is 0 Å². The molecule has 1 aromatic rings. The molecule has 0 aromatic carbocycles. The number of ketones is 1. The van der Waals surface area contributed by atoms with Crippen LogP contribution in [0.4, 0.5) is 0 Å². The predicted octanol–water partition coefficient (Wildman–Crippen LogP) is 1.10. The summed E-state index contributed by atoms with van der Waals surface area (Å²) in [6.45, 7) is 4.66. The van der Waals surface area contributed by atoms with Crippen molar-refractivity contribution in [2.24, 2.45) is 0 Å². The van der Waals surface area contributed by atoms with Crippen molar-refractivity contribution in [2.45, 2.75) is 39.7 Å². The summed E-state index contributed by atoms with van der Waals surface area (Å²) in [5.41, 5.74) is 1.09. The highest BCUT2D eigenvalue weighted by molar-refractivity contribution is 5.78. The Bertz CT molecular complexity index is 331. The van der Waals surface area contributed by atoms with E-state index in [1.807, 2.05) is 20.0 Å². The summed E-state index contributed by atoms with van der Waals surface area (Å²) in [5.74, 6) is 1.12. The molecule has 0 unspecified atom stereocenters. The molecule has 1 aromatic heterocycles. The normalized spacial score (nSPS) is 10.6. The second kappa shape index (κ2) is 5.66. The Labute approximate surface area is 89.9 Å². The maximum absolute atomic E-state index is 11.3. The first kappa shape index (κ1) is 11.9. The third-order valence-electron chi connectivity index (χ3n) is 2.46. The smallest absolute Gasteiger partial charge is 0.136 e. The molecule has 0 aliphatic rings. The van der Waals surface area contributed by atoms with E-state index in [0.29, 0.717) is 13.0 Å². The van der Waals surface area contributed by atoms with Crippen molar-refractivity contribution < 1.29 is 9.90 Å². The van der Waals surface area contributed by atoms with Gasteiger partial charge in [-0.3, -0.25) is 4.79 Å². The molecule has 84 valence electrons. The molecule has 0 aliphatic carbocycles. The Morgan fingerprint density at radius 2 is 2.27 bits per heavy atom. The van der Waals surface area contributed by atoms with E-state index in [4.69, 9.17) is 5.11 Å². The standard InChI is InChI=1S/C11H18N2O2/c1-3-11-12-8-9(2)13(11)6-4-10(15)5-7-14/h8,14H,3-7H2,1-2H3. The van der Waals surface area contributed by atoms with Crippen molar-refractivity contribution in [3.8, 4) is 0 Å². The maximum atomic E-state index is 11.3. The number of hydrogen-bond donors (Lipinski definition) is 1. The van der Waals surface area contributed by atoms with Crippen LogP contribution in [0.5, 0.6) is 0 Å². The largest absolute Gasteiger partial charge is 0.396 e. The fourth-order valence-electron chi connectivity index (χ4n) is 1.58. The number of carbonyl (C=O) groups excluding carboxylic acids is 1. The second-order valence-electron chi connectivity index (χ2n) is 3.58. The maximum Gasteiger partial charge on any atom is 0.136 e. The summed E-state index contributed by atoms with van der Waals surface area (Å²) in [6.07, 6.45) is 3.44. The molecule has 0 saturated heterocycles. The minimum atomic E-state index is -0.0532. The van der Waals surface area contributed by atoms with Gasteiger partial charge in [0.2, 0.25) is 0 Å². The van der Waals surface area contributed by atoms with Crippen molar-refractivity contribution >= 4 is 5.78 Å². The van der Waals surface area contributed by atoms with Crippen LogP contribution in [0.2, 0.25) is 0 Å². The van der Waals surface area contributed by atoms with Crippen LogP contribution in [0.25, 0.3) is 0 Å². The van der Waals surface area contributed by atoms with Crippen LogP contribution in [0.15, 0.2) is 6.20 Å². The molecule has 0 fully saturated rings. The van der Waals surface area contributed by atoms with E-state index >= 15 is 0 Å². The zero-order valence-electron chi connectivity index (χ0n) is 9.36. The lowest BCUT2D eigenvalue weighted by atomic mass is 10.2. The zero-order valence-corrected chi connectivity index (χ0v) is 9.36. The first-order valence-electron chi connectivity index (χ1n) is 5.32. The number of rotatable bonds is 6. The van der Waals surface area contributed by atoms with Crippen molar-refractivity contribution in [1.82, 2.24) is 9.55 Å². The van der Waals surface area contributed by atoms with Gasteiger partial charge in [0, 0.05) is 44.3 Å². The van der Waals surface area contributed by atoms with Gasteiger partial charge in [-0.2, -0.15) is 0 Å². The van der Waals surface area contributed by atoms with Crippen LogP contribution in [0, 0.1) is 6.92 Å². The Morgan fingerprint density at radius 3 is 2.87 bits per heavy atom. The Hall–Kier alpha value is -1.16. The zero-order chi connectivity index (χ0) is 11.3. The number of nitrogens with zero attached hydrogens (tertiary/aromatic N) is 2. The van der Waals surface area contributed by atoms with Crippen LogP contribution in [-0.2, 0) is 17.8 Å². The monoisotopic (exact) mass is 210 g/mol. The van der Waals surface area contributed by atoms with Crippen molar-refractivity contribution in [1.29, 1.82) is 0 Å². The number of carbonyl (C=O) groups is 1. The molecule has 0 bridgehead atoms. The summed E-state index contributed by atoms with van der Waals surface area (Å²) in [5, 5.41) is 8.61. The van der Waals surface area contributed by atoms with Crippen LogP contribution < -0.4 is 0 Å². The summed E-state index contributed by atoms with van der Waals surface area (Å²) < 4.78 is 2.06. The summed E-state index contributed by atoms with van der Waals surface area (Å²) >= 11 is 0. The Kier molecular flexibility index (Phi) is 4.49. The summed E-state index contributed by atoms with van der Waals surface area (Å²) in [7, 11) is 0. The fraction of sp³-hybridized carbons (Fsp3) is 0.636. The van der Waals surface area contributed by atoms with Gasteiger partial charge in [0.1, 0.15) is 11.6 Å². The van der Waals surface area contributed by atoms with E-state index in [-0.39, 0.29) is 18.8 Å². The first-order valence-corrected chi connectivity index (χ1v) is 5.32. The fourth-order valence-corrected chi connectivity index (χ4v) is 1.58. The highest BCUT2D eigenvalue weighted by Crippen LogP contribution is 2.06. The molecule has 4 nitrogen and oxygen atoms in total. The molecule has 1 N–H and O–H groups in total. The molecule has 1 rings (SSSR count). The Morgan fingerprint density at radius 1 is 1.53 bits per heavy atom. The second-order valence-corrected chi connectivity index (χ2v) is 3.58. The summed E-state index contributed by atoms with van der Waals surface area (Å²) in [4.78, 5) is 15.5. The lowest BCUT2D eigenvalue weighted by Crippen LogP contribution is -2.10. The van der Waals surface area contributed by atoms with Crippen molar-refractivity contribution in [2.75, 3.05) is 6.61 Å². The lowest BCUT2D eigenvalue weighted by Gasteiger charge is -2.07. The van der Waals surface area contributed by atoms with Crippen molar-refractivity contribution in [3.63, 3.8) is 0 Å². The minimum Gasteiger partial charge on any atom is -0.396 e. The third kappa shape index (κ3) is 3.16. The molecular formula is C11H18N2O2. The molecule has 15 heavy (non-hydrogen) atoms. The number of hydrogen-bond acceptors (Lipinski definition) is 3. The molecule has 0 saturated carbocycles. The minimum absolute atomic E-state index is 0.0532. The van der Waals surface area contributed by atoms with Gasteiger partial charge in [-0.15, -0.1) is 0 Å². The van der Waals surface area contributed by atoms with E-state index < -0.39 is 0 Å². The molecule has 0 atom stereocenters.